The molecule has 0 saturated carbocycles. The maximum Gasteiger partial charge on any atom is 0.273 e. The van der Waals surface area contributed by atoms with Gasteiger partial charge in [-0.1, -0.05) is 38.7 Å². The highest BCUT2D eigenvalue weighted by atomic mass is 28.3. The van der Waals surface area contributed by atoms with E-state index in [-0.39, 0.29) is 11.7 Å². The number of nitro groups is 1. The van der Waals surface area contributed by atoms with Crippen molar-refractivity contribution in [3.63, 3.8) is 0 Å². The van der Waals surface area contributed by atoms with Crippen molar-refractivity contribution in [3.05, 3.63) is 58.3 Å². The van der Waals surface area contributed by atoms with Crippen LogP contribution in [0.3, 0.4) is 0 Å². The summed E-state index contributed by atoms with van der Waals surface area (Å²) in [7, 11) is -1.20. The highest BCUT2D eigenvalue weighted by Gasteiger charge is 2.21. The van der Waals surface area contributed by atoms with Crippen molar-refractivity contribution in [2.75, 3.05) is 6.61 Å². The standard InChI is InChI=1S/C25H33N5O4Si/c1-18-12-20(28-26-15-18)13-19-8-9-24(34-22-7-5-6-21(14-22)30(31)32)25-23(19)16-27-29(25)17-33-10-11-35(2,3)4/h5-9,14-16,18,20,28H,10-13,17H2,1-4H3. The minimum absolute atomic E-state index is 0.0170. The summed E-state index contributed by atoms with van der Waals surface area (Å²) in [5.74, 6) is 1.41. The Labute approximate surface area is 206 Å². The number of hydrogen-bond donors (Lipinski definition) is 1. The normalized spacial score (nSPS) is 17.9. The maximum absolute atomic E-state index is 11.2. The highest BCUT2D eigenvalue weighted by molar-refractivity contribution is 6.76. The third kappa shape index (κ3) is 6.46. The number of hydrogen-bond acceptors (Lipinski definition) is 7. The van der Waals surface area contributed by atoms with Crippen LogP contribution in [0.1, 0.15) is 18.9 Å². The SMILES string of the molecule is CC1C=NNC(Cc2ccc(Oc3cccc([N+](=O)[O-])c3)c3c2cnn3COCC[Si](C)(C)C)C1. The van der Waals surface area contributed by atoms with Gasteiger partial charge in [0.1, 0.15) is 18.0 Å². The molecule has 186 valence electrons. The Hall–Kier alpha value is -3.24. The van der Waals surface area contributed by atoms with E-state index >= 15 is 0 Å². The van der Waals surface area contributed by atoms with Crippen LogP contribution >= 0.6 is 0 Å². The van der Waals surface area contributed by atoms with Crippen molar-refractivity contribution in [2.24, 2.45) is 11.0 Å². The van der Waals surface area contributed by atoms with Crippen LogP contribution in [-0.2, 0) is 17.9 Å². The van der Waals surface area contributed by atoms with Crippen LogP contribution in [0.2, 0.25) is 25.7 Å². The zero-order valence-electron chi connectivity index (χ0n) is 20.7. The third-order valence-corrected chi connectivity index (χ3v) is 7.73. The van der Waals surface area contributed by atoms with Gasteiger partial charge in [-0.15, -0.1) is 0 Å². The lowest BCUT2D eigenvalue weighted by Crippen LogP contribution is -2.33. The minimum Gasteiger partial charge on any atom is -0.455 e. The van der Waals surface area contributed by atoms with E-state index in [1.165, 1.54) is 12.1 Å². The van der Waals surface area contributed by atoms with Gasteiger partial charge in [0.2, 0.25) is 0 Å². The number of nitrogens with one attached hydrogen (secondary N) is 1. The van der Waals surface area contributed by atoms with E-state index < -0.39 is 13.0 Å². The number of benzene rings is 2. The molecule has 0 spiro atoms. The van der Waals surface area contributed by atoms with Crippen molar-refractivity contribution in [1.82, 2.24) is 15.2 Å². The Morgan fingerprint density at radius 3 is 2.83 bits per heavy atom. The molecule has 2 heterocycles. The number of aromatic nitrogens is 2. The van der Waals surface area contributed by atoms with Crippen LogP contribution in [0.15, 0.2) is 47.7 Å². The van der Waals surface area contributed by atoms with Crippen LogP contribution in [0.25, 0.3) is 10.9 Å². The summed E-state index contributed by atoms with van der Waals surface area (Å²) in [6, 6.07) is 11.5. The van der Waals surface area contributed by atoms with E-state index in [2.05, 4.69) is 42.2 Å². The molecule has 0 saturated heterocycles. The number of non-ortho nitro benzene ring substituents is 1. The van der Waals surface area contributed by atoms with Crippen molar-refractivity contribution < 1.29 is 14.4 Å². The summed E-state index contributed by atoms with van der Waals surface area (Å²) >= 11 is 0. The molecule has 10 heteroatoms. The highest BCUT2D eigenvalue weighted by Crippen LogP contribution is 2.34. The van der Waals surface area contributed by atoms with Crippen LogP contribution < -0.4 is 10.2 Å². The van der Waals surface area contributed by atoms with Crippen LogP contribution in [0.4, 0.5) is 5.69 Å². The Morgan fingerprint density at radius 2 is 2.09 bits per heavy atom. The molecule has 0 aliphatic carbocycles. The smallest absolute Gasteiger partial charge is 0.273 e. The van der Waals surface area contributed by atoms with Gasteiger partial charge < -0.3 is 14.9 Å². The van der Waals surface area contributed by atoms with Gasteiger partial charge >= 0.3 is 0 Å². The zero-order valence-corrected chi connectivity index (χ0v) is 21.7. The number of rotatable bonds is 10. The van der Waals surface area contributed by atoms with E-state index in [4.69, 9.17) is 9.47 Å². The maximum atomic E-state index is 11.2. The zero-order chi connectivity index (χ0) is 25.0. The lowest BCUT2D eigenvalue weighted by Gasteiger charge is -2.23. The fourth-order valence-corrected chi connectivity index (χ4v) is 4.89. The van der Waals surface area contributed by atoms with Crippen molar-refractivity contribution in [1.29, 1.82) is 0 Å². The number of nitrogens with zero attached hydrogens (tertiary/aromatic N) is 4. The molecule has 0 radical (unpaired) electrons. The monoisotopic (exact) mass is 495 g/mol. The topological polar surface area (TPSA) is 104 Å². The summed E-state index contributed by atoms with van der Waals surface area (Å²) in [5, 5.41) is 21.1. The van der Waals surface area contributed by atoms with E-state index in [1.54, 1.807) is 12.1 Å². The summed E-state index contributed by atoms with van der Waals surface area (Å²) in [4.78, 5) is 10.8. The molecule has 4 rings (SSSR count). The second-order valence-corrected chi connectivity index (χ2v) is 16.0. The third-order valence-electron chi connectivity index (χ3n) is 6.03. The Bertz CT molecular complexity index is 1220. The van der Waals surface area contributed by atoms with Crippen molar-refractivity contribution in [3.8, 4) is 11.5 Å². The second kappa shape index (κ2) is 10.6. The average molecular weight is 496 g/mol. The first-order valence-electron chi connectivity index (χ1n) is 12.0. The molecule has 1 N–H and O–H groups in total. The van der Waals surface area contributed by atoms with Crippen LogP contribution in [0, 0.1) is 16.0 Å². The van der Waals surface area contributed by atoms with Crippen molar-refractivity contribution >= 4 is 30.9 Å². The molecular weight excluding hydrogens is 462 g/mol. The Kier molecular flexibility index (Phi) is 7.51. The molecule has 0 fully saturated rings. The molecule has 1 aliphatic heterocycles. The molecule has 1 aliphatic rings. The largest absolute Gasteiger partial charge is 0.455 e. The van der Waals surface area contributed by atoms with E-state index in [0.717, 1.165) is 35.4 Å². The lowest BCUT2D eigenvalue weighted by atomic mass is 9.95. The van der Waals surface area contributed by atoms with Crippen molar-refractivity contribution in [2.45, 2.75) is 58.2 Å². The van der Waals surface area contributed by atoms with E-state index in [1.807, 2.05) is 29.2 Å². The van der Waals surface area contributed by atoms with Gasteiger partial charge in [-0.3, -0.25) is 10.1 Å². The van der Waals surface area contributed by atoms with Crippen LogP contribution in [-0.4, -0.2) is 41.6 Å². The summed E-state index contributed by atoms with van der Waals surface area (Å²) < 4.78 is 13.9. The molecule has 0 bridgehead atoms. The Balaban J connectivity index is 1.64. The van der Waals surface area contributed by atoms with Gasteiger partial charge in [0.15, 0.2) is 5.75 Å². The molecule has 2 aromatic carbocycles. The summed E-state index contributed by atoms with van der Waals surface area (Å²) in [5.41, 5.74) is 5.16. The first kappa shape index (κ1) is 24.9. The quantitative estimate of drug-likeness (QED) is 0.171. The van der Waals surface area contributed by atoms with Gasteiger partial charge in [-0.25, -0.2) is 4.68 Å². The molecule has 9 nitrogen and oxygen atoms in total. The number of fused-ring (bicyclic) bond motifs is 1. The van der Waals surface area contributed by atoms with Gasteiger partial charge in [-0.2, -0.15) is 10.2 Å². The molecule has 35 heavy (non-hydrogen) atoms. The molecule has 2 unspecified atom stereocenters. The minimum atomic E-state index is -1.20. The average Bonchev–Trinajstić information content (AvgIpc) is 3.23. The lowest BCUT2D eigenvalue weighted by molar-refractivity contribution is -0.384. The van der Waals surface area contributed by atoms with Gasteiger partial charge in [0.05, 0.1) is 17.2 Å². The van der Waals surface area contributed by atoms with E-state index in [0.29, 0.717) is 30.8 Å². The number of ether oxygens (including phenoxy) is 2. The van der Waals surface area contributed by atoms with Gasteiger partial charge in [0, 0.05) is 38.4 Å². The predicted octanol–water partition coefficient (Wildman–Crippen LogP) is 5.58. The molecule has 3 aromatic rings. The first-order valence-corrected chi connectivity index (χ1v) is 15.7. The fraction of sp³-hybridized carbons (Fsp3) is 0.440. The molecule has 0 amide bonds. The number of nitro benzene ring substituents is 1. The summed E-state index contributed by atoms with van der Waals surface area (Å²) in [6.07, 6.45) is 5.60. The predicted molar refractivity (Wildman–Crippen MR) is 140 cm³/mol. The summed E-state index contributed by atoms with van der Waals surface area (Å²) in [6.45, 7) is 10.1. The molecule has 2 atom stereocenters. The second-order valence-electron chi connectivity index (χ2n) is 10.4. The molecule has 1 aromatic heterocycles. The number of hydrazone groups is 1. The van der Waals surface area contributed by atoms with E-state index in [9.17, 15) is 10.1 Å². The Morgan fingerprint density at radius 1 is 1.26 bits per heavy atom. The van der Waals surface area contributed by atoms with Gasteiger partial charge in [-0.05, 0) is 42.5 Å². The first-order chi connectivity index (χ1) is 16.7. The fourth-order valence-electron chi connectivity index (χ4n) is 4.13. The van der Waals surface area contributed by atoms with Gasteiger partial charge in [0.25, 0.3) is 5.69 Å². The van der Waals surface area contributed by atoms with Crippen LogP contribution in [0.5, 0.6) is 11.5 Å². The molecular formula is C25H33N5O4Si.